The molecule has 8 heteroatoms. The Hall–Kier alpha value is -3.94. The molecule has 2 amide bonds. The lowest BCUT2D eigenvalue weighted by Gasteiger charge is -2.29. The SMILES string of the molecule is COc1ccc(/C=C/C(=O)N2CCC(c3nc(-c4ccc(NC(C)=O)cc4)no3)CC2)cc1. The Morgan fingerprint density at radius 3 is 2.42 bits per heavy atom. The highest BCUT2D eigenvalue weighted by Crippen LogP contribution is 2.29. The van der Waals surface area contributed by atoms with Gasteiger partial charge >= 0.3 is 0 Å². The fourth-order valence-electron chi connectivity index (χ4n) is 3.76. The van der Waals surface area contributed by atoms with Crippen molar-refractivity contribution in [3.05, 3.63) is 66.1 Å². The third kappa shape index (κ3) is 5.65. The standard InChI is InChI=1S/C25H26N4O4/c1-17(30)26-21-8-6-19(7-9-21)24-27-25(33-28-24)20-13-15-29(16-14-20)23(31)12-5-18-3-10-22(32-2)11-4-18/h3-12,20H,13-16H2,1-2H3,(H,26,30)/b12-5+. The van der Waals surface area contributed by atoms with Gasteiger partial charge in [-0.3, -0.25) is 9.59 Å². The molecule has 33 heavy (non-hydrogen) atoms. The molecule has 4 rings (SSSR count). The third-order valence-electron chi connectivity index (χ3n) is 5.60. The number of amides is 2. The van der Waals surface area contributed by atoms with Crippen molar-refractivity contribution in [2.24, 2.45) is 0 Å². The predicted molar refractivity (Wildman–Crippen MR) is 125 cm³/mol. The normalized spacial score (nSPS) is 14.4. The molecule has 1 saturated heterocycles. The zero-order valence-electron chi connectivity index (χ0n) is 18.7. The zero-order chi connectivity index (χ0) is 23.2. The highest BCUT2D eigenvalue weighted by molar-refractivity contribution is 5.92. The van der Waals surface area contributed by atoms with Crippen LogP contribution in [0.25, 0.3) is 17.5 Å². The number of methoxy groups -OCH3 is 1. The van der Waals surface area contributed by atoms with E-state index in [0.29, 0.717) is 30.5 Å². The van der Waals surface area contributed by atoms with Gasteiger partial charge in [0.25, 0.3) is 0 Å². The van der Waals surface area contributed by atoms with Crippen LogP contribution in [0.15, 0.2) is 59.1 Å². The largest absolute Gasteiger partial charge is 0.497 e. The highest BCUT2D eigenvalue weighted by Gasteiger charge is 2.27. The van der Waals surface area contributed by atoms with Gasteiger partial charge in [0.2, 0.25) is 23.5 Å². The summed E-state index contributed by atoms with van der Waals surface area (Å²) in [6.45, 7) is 2.74. The van der Waals surface area contributed by atoms with Crippen LogP contribution < -0.4 is 10.1 Å². The van der Waals surface area contributed by atoms with E-state index in [1.165, 1.54) is 6.92 Å². The molecule has 8 nitrogen and oxygen atoms in total. The van der Waals surface area contributed by atoms with E-state index in [2.05, 4.69) is 15.5 Å². The van der Waals surface area contributed by atoms with Crippen molar-refractivity contribution in [1.29, 1.82) is 0 Å². The molecule has 1 fully saturated rings. The van der Waals surface area contributed by atoms with Crippen LogP contribution in [0, 0.1) is 0 Å². The number of carbonyl (C=O) groups excluding carboxylic acids is 2. The third-order valence-corrected chi connectivity index (χ3v) is 5.60. The summed E-state index contributed by atoms with van der Waals surface area (Å²) < 4.78 is 10.7. The molecule has 0 bridgehead atoms. The molecule has 2 aromatic carbocycles. The quantitative estimate of drug-likeness (QED) is 0.572. The number of anilines is 1. The Morgan fingerprint density at radius 1 is 1.09 bits per heavy atom. The van der Waals surface area contributed by atoms with Crippen LogP contribution in [0.4, 0.5) is 5.69 Å². The van der Waals surface area contributed by atoms with E-state index in [1.54, 1.807) is 25.3 Å². The summed E-state index contributed by atoms with van der Waals surface area (Å²) in [4.78, 5) is 30.1. The Morgan fingerprint density at radius 2 is 1.79 bits per heavy atom. The van der Waals surface area contributed by atoms with E-state index < -0.39 is 0 Å². The fourth-order valence-corrected chi connectivity index (χ4v) is 3.76. The van der Waals surface area contributed by atoms with Crippen LogP contribution in [0.2, 0.25) is 0 Å². The lowest BCUT2D eigenvalue weighted by atomic mass is 9.96. The van der Waals surface area contributed by atoms with Crippen LogP contribution in [0.1, 0.15) is 37.1 Å². The van der Waals surface area contributed by atoms with Crippen molar-refractivity contribution >= 4 is 23.6 Å². The molecule has 170 valence electrons. The lowest BCUT2D eigenvalue weighted by molar-refractivity contribution is -0.127. The molecular weight excluding hydrogens is 420 g/mol. The topological polar surface area (TPSA) is 97.6 Å². The van der Waals surface area contributed by atoms with Crippen molar-refractivity contribution in [2.45, 2.75) is 25.7 Å². The van der Waals surface area contributed by atoms with Crippen molar-refractivity contribution < 1.29 is 18.8 Å². The Kier molecular flexibility index (Phi) is 6.83. The fraction of sp³-hybridized carbons (Fsp3) is 0.280. The Balaban J connectivity index is 1.31. The van der Waals surface area contributed by atoms with Gasteiger partial charge in [-0.2, -0.15) is 4.98 Å². The monoisotopic (exact) mass is 446 g/mol. The second-order valence-electron chi connectivity index (χ2n) is 7.92. The second-order valence-corrected chi connectivity index (χ2v) is 7.92. The summed E-state index contributed by atoms with van der Waals surface area (Å²) in [6, 6.07) is 14.8. The summed E-state index contributed by atoms with van der Waals surface area (Å²) in [5, 5.41) is 6.84. The predicted octanol–water partition coefficient (Wildman–Crippen LogP) is 4.12. The number of hydrogen-bond donors (Lipinski definition) is 1. The van der Waals surface area contributed by atoms with E-state index in [1.807, 2.05) is 47.4 Å². The van der Waals surface area contributed by atoms with Crippen LogP contribution >= 0.6 is 0 Å². The smallest absolute Gasteiger partial charge is 0.246 e. The first-order chi connectivity index (χ1) is 16.0. The van der Waals surface area contributed by atoms with E-state index >= 15 is 0 Å². The number of likely N-dealkylation sites (tertiary alicyclic amines) is 1. The number of nitrogens with zero attached hydrogens (tertiary/aromatic N) is 3. The summed E-state index contributed by atoms with van der Waals surface area (Å²) in [5.74, 6) is 1.89. The van der Waals surface area contributed by atoms with Crippen LogP contribution in [-0.4, -0.2) is 47.1 Å². The number of rotatable bonds is 6. The minimum atomic E-state index is -0.120. The molecule has 3 aromatic rings. The maximum atomic E-state index is 12.6. The number of ether oxygens (including phenoxy) is 1. The molecule has 1 aliphatic heterocycles. The van der Waals surface area contributed by atoms with Crippen molar-refractivity contribution in [3.8, 4) is 17.1 Å². The molecule has 0 aliphatic carbocycles. The molecule has 2 heterocycles. The number of benzene rings is 2. The van der Waals surface area contributed by atoms with Gasteiger partial charge in [0, 0.05) is 43.3 Å². The highest BCUT2D eigenvalue weighted by atomic mass is 16.5. The summed E-state index contributed by atoms with van der Waals surface area (Å²) in [7, 11) is 1.62. The van der Waals surface area contributed by atoms with Crippen molar-refractivity contribution in [1.82, 2.24) is 15.0 Å². The minimum Gasteiger partial charge on any atom is -0.497 e. The van der Waals surface area contributed by atoms with Gasteiger partial charge in [-0.25, -0.2) is 0 Å². The van der Waals surface area contributed by atoms with Gasteiger partial charge in [-0.15, -0.1) is 0 Å². The van der Waals surface area contributed by atoms with E-state index in [4.69, 9.17) is 9.26 Å². The number of nitrogens with one attached hydrogen (secondary N) is 1. The van der Waals surface area contributed by atoms with Crippen LogP contribution in [0.5, 0.6) is 5.75 Å². The van der Waals surface area contributed by atoms with E-state index in [0.717, 1.165) is 29.7 Å². The molecule has 0 unspecified atom stereocenters. The van der Waals surface area contributed by atoms with Crippen molar-refractivity contribution in [3.63, 3.8) is 0 Å². The maximum Gasteiger partial charge on any atom is 0.246 e. The molecule has 0 atom stereocenters. The minimum absolute atomic E-state index is 0.00486. The molecule has 0 spiro atoms. The van der Waals surface area contributed by atoms with E-state index in [9.17, 15) is 9.59 Å². The first-order valence-electron chi connectivity index (χ1n) is 10.8. The van der Waals surface area contributed by atoms with Gasteiger partial charge in [-0.1, -0.05) is 17.3 Å². The molecular formula is C25H26N4O4. The average Bonchev–Trinajstić information content (AvgIpc) is 3.33. The zero-order valence-corrected chi connectivity index (χ0v) is 18.7. The van der Waals surface area contributed by atoms with Gasteiger partial charge in [0.1, 0.15) is 5.75 Å². The van der Waals surface area contributed by atoms with Gasteiger partial charge in [0.05, 0.1) is 7.11 Å². The van der Waals surface area contributed by atoms with Gasteiger partial charge < -0.3 is 19.5 Å². The van der Waals surface area contributed by atoms with Gasteiger partial charge in [-0.05, 0) is 60.9 Å². The molecule has 1 aromatic heterocycles. The van der Waals surface area contributed by atoms with Crippen LogP contribution in [0.3, 0.4) is 0 Å². The molecule has 1 aliphatic rings. The number of hydrogen-bond acceptors (Lipinski definition) is 6. The van der Waals surface area contributed by atoms with Gasteiger partial charge in [0.15, 0.2) is 0 Å². The summed E-state index contributed by atoms with van der Waals surface area (Å²) in [5.41, 5.74) is 2.48. The van der Waals surface area contributed by atoms with Crippen LogP contribution in [-0.2, 0) is 9.59 Å². The maximum absolute atomic E-state index is 12.6. The Labute approximate surface area is 192 Å². The number of carbonyl (C=O) groups is 2. The average molecular weight is 447 g/mol. The van der Waals surface area contributed by atoms with Crippen molar-refractivity contribution in [2.75, 3.05) is 25.5 Å². The number of aromatic nitrogens is 2. The summed E-state index contributed by atoms with van der Waals surface area (Å²) >= 11 is 0. The first-order valence-corrected chi connectivity index (χ1v) is 10.8. The molecule has 0 radical (unpaired) electrons. The summed E-state index contributed by atoms with van der Waals surface area (Å²) in [6.07, 6.45) is 4.96. The second kappa shape index (κ2) is 10.1. The molecule has 0 saturated carbocycles. The first kappa shape index (κ1) is 22.3. The van der Waals surface area contributed by atoms with E-state index in [-0.39, 0.29) is 17.7 Å². The lowest BCUT2D eigenvalue weighted by Crippen LogP contribution is -2.36. The Bertz CT molecular complexity index is 1130. The number of piperidine rings is 1. The molecule has 1 N–H and O–H groups in total.